The molecule has 0 spiro atoms. The minimum Gasteiger partial charge on any atom is -0.368 e. The summed E-state index contributed by atoms with van der Waals surface area (Å²) in [7, 11) is 0. The second-order valence-corrected chi connectivity index (χ2v) is 6.46. The van der Waals surface area contributed by atoms with E-state index in [9.17, 15) is 9.59 Å². The predicted octanol–water partition coefficient (Wildman–Crippen LogP) is 2.79. The van der Waals surface area contributed by atoms with Crippen molar-refractivity contribution in [3.05, 3.63) is 71.8 Å². The molecule has 0 bridgehead atoms. The molecule has 0 saturated carbocycles. The van der Waals surface area contributed by atoms with Gasteiger partial charge in [0.2, 0.25) is 11.8 Å². The SMILES string of the molecule is NC(=O)[C@@H]1CCCN1Cc1cccc(NC(=O)/C=C\c2ccccc2)c1. The summed E-state index contributed by atoms with van der Waals surface area (Å²) in [6, 6.07) is 17.2. The van der Waals surface area contributed by atoms with Crippen molar-refractivity contribution in [2.45, 2.75) is 25.4 Å². The largest absolute Gasteiger partial charge is 0.368 e. The lowest BCUT2D eigenvalue weighted by molar-refractivity contribution is -0.122. The first-order valence-electron chi connectivity index (χ1n) is 8.78. The zero-order chi connectivity index (χ0) is 18.4. The van der Waals surface area contributed by atoms with Gasteiger partial charge in [-0.2, -0.15) is 0 Å². The molecule has 0 aliphatic carbocycles. The summed E-state index contributed by atoms with van der Waals surface area (Å²) in [4.78, 5) is 25.7. The van der Waals surface area contributed by atoms with Gasteiger partial charge in [-0.15, -0.1) is 0 Å². The molecule has 1 atom stereocenters. The molecule has 26 heavy (non-hydrogen) atoms. The second-order valence-electron chi connectivity index (χ2n) is 6.46. The minimum absolute atomic E-state index is 0.179. The van der Waals surface area contributed by atoms with E-state index in [1.165, 1.54) is 6.08 Å². The monoisotopic (exact) mass is 349 g/mol. The third kappa shape index (κ3) is 4.80. The number of carbonyl (C=O) groups excluding carboxylic acids is 2. The van der Waals surface area contributed by atoms with E-state index in [-0.39, 0.29) is 17.9 Å². The molecule has 1 heterocycles. The van der Waals surface area contributed by atoms with E-state index < -0.39 is 0 Å². The molecule has 1 aliphatic heterocycles. The van der Waals surface area contributed by atoms with Crippen molar-refractivity contribution in [3.63, 3.8) is 0 Å². The molecule has 2 amide bonds. The standard InChI is InChI=1S/C21H23N3O2/c22-21(26)19-10-5-13-24(19)15-17-8-4-9-18(14-17)23-20(25)12-11-16-6-2-1-3-7-16/h1-4,6-9,11-12,14,19H,5,10,13,15H2,(H2,22,26)(H,23,25)/b12-11-/t19-/m0/s1. The quantitative estimate of drug-likeness (QED) is 0.788. The van der Waals surface area contributed by atoms with Crippen molar-refractivity contribution in [1.82, 2.24) is 4.90 Å². The lowest BCUT2D eigenvalue weighted by Crippen LogP contribution is -2.39. The molecule has 0 unspecified atom stereocenters. The highest BCUT2D eigenvalue weighted by molar-refractivity contribution is 6.01. The molecule has 2 aromatic rings. The third-order valence-corrected chi connectivity index (χ3v) is 4.50. The van der Waals surface area contributed by atoms with Crippen LogP contribution >= 0.6 is 0 Å². The van der Waals surface area contributed by atoms with Gasteiger partial charge in [-0.25, -0.2) is 0 Å². The van der Waals surface area contributed by atoms with E-state index in [1.807, 2.05) is 54.6 Å². The van der Waals surface area contributed by atoms with Gasteiger partial charge in [-0.1, -0.05) is 42.5 Å². The number of carbonyl (C=O) groups is 2. The van der Waals surface area contributed by atoms with Gasteiger partial charge in [-0.3, -0.25) is 14.5 Å². The summed E-state index contributed by atoms with van der Waals surface area (Å²) >= 11 is 0. The van der Waals surface area contributed by atoms with E-state index in [0.29, 0.717) is 6.54 Å². The molecule has 1 aliphatic rings. The van der Waals surface area contributed by atoms with Gasteiger partial charge in [0.1, 0.15) is 0 Å². The van der Waals surface area contributed by atoms with Gasteiger partial charge >= 0.3 is 0 Å². The molecule has 3 rings (SSSR count). The Morgan fingerprint density at radius 1 is 1.15 bits per heavy atom. The van der Waals surface area contributed by atoms with Crippen LogP contribution in [-0.4, -0.2) is 29.3 Å². The first-order valence-corrected chi connectivity index (χ1v) is 8.78. The maximum Gasteiger partial charge on any atom is 0.248 e. The van der Waals surface area contributed by atoms with Gasteiger partial charge in [0.15, 0.2) is 0 Å². The Kier molecular flexibility index (Phi) is 5.81. The fourth-order valence-electron chi connectivity index (χ4n) is 3.24. The Morgan fingerprint density at radius 2 is 1.96 bits per heavy atom. The van der Waals surface area contributed by atoms with Gasteiger partial charge in [0.05, 0.1) is 6.04 Å². The number of nitrogens with one attached hydrogen (secondary N) is 1. The Balaban J connectivity index is 1.61. The molecule has 134 valence electrons. The normalized spacial score (nSPS) is 17.5. The van der Waals surface area contributed by atoms with Crippen LogP contribution in [0, 0.1) is 0 Å². The summed E-state index contributed by atoms with van der Waals surface area (Å²) in [5.74, 6) is -0.444. The van der Waals surface area contributed by atoms with E-state index in [2.05, 4.69) is 10.2 Å². The van der Waals surface area contributed by atoms with E-state index in [0.717, 1.165) is 36.2 Å². The fourth-order valence-corrected chi connectivity index (χ4v) is 3.24. The molecule has 2 aromatic carbocycles. The van der Waals surface area contributed by atoms with Crippen LogP contribution in [0.4, 0.5) is 5.69 Å². The zero-order valence-electron chi connectivity index (χ0n) is 14.6. The highest BCUT2D eigenvalue weighted by Gasteiger charge is 2.28. The van der Waals surface area contributed by atoms with Crippen molar-refractivity contribution in [2.75, 3.05) is 11.9 Å². The highest BCUT2D eigenvalue weighted by Crippen LogP contribution is 2.21. The Morgan fingerprint density at radius 3 is 2.73 bits per heavy atom. The minimum atomic E-state index is -0.266. The number of nitrogens with zero attached hydrogens (tertiary/aromatic N) is 1. The van der Waals surface area contributed by atoms with Crippen molar-refractivity contribution >= 4 is 23.6 Å². The lowest BCUT2D eigenvalue weighted by Gasteiger charge is -2.22. The van der Waals surface area contributed by atoms with Crippen LogP contribution in [-0.2, 0) is 16.1 Å². The smallest absolute Gasteiger partial charge is 0.248 e. The molecular weight excluding hydrogens is 326 g/mol. The number of anilines is 1. The van der Waals surface area contributed by atoms with E-state index >= 15 is 0 Å². The van der Waals surface area contributed by atoms with Crippen molar-refractivity contribution in [1.29, 1.82) is 0 Å². The number of amides is 2. The van der Waals surface area contributed by atoms with E-state index in [4.69, 9.17) is 5.73 Å². The van der Waals surface area contributed by atoms with Gasteiger partial charge in [-0.05, 0) is 48.7 Å². The number of hydrogen-bond donors (Lipinski definition) is 2. The topological polar surface area (TPSA) is 75.4 Å². The summed E-state index contributed by atoms with van der Waals surface area (Å²) < 4.78 is 0. The molecule has 1 saturated heterocycles. The molecule has 5 nitrogen and oxygen atoms in total. The molecular formula is C21H23N3O2. The summed E-state index contributed by atoms with van der Waals surface area (Å²) in [5, 5.41) is 2.88. The molecule has 0 aromatic heterocycles. The van der Waals surface area contributed by atoms with Crippen molar-refractivity contribution in [3.8, 4) is 0 Å². The Bertz CT molecular complexity index is 802. The number of hydrogen-bond acceptors (Lipinski definition) is 3. The third-order valence-electron chi connectivity index (χ3n) is 4.50. The van der Waals surface area contributed by atoms with Crippen LogP contribution in [0.1, 0.15) is 24.0 Å². The fraction of sp³-hybridized carbons (Fsp3) is 0.238. The van der Waals surface area contributed by atoms with Crippen LogP contribution in [0.5, 0.6) is 0 Å². The van der Waals surface area contributed by atoms with Gasteiger partial charge < -0.3 is 11.1 Å². The number of likely N-dealkylation sites (tertiary alicyclic amines) is 1. The van der Waals surface area contributed by atoms with Crippen LogP contribution in [0.25, 0.3) is 6.08 Å². The van der Waals surface area contributed by atoms with Gasteiger partial charge in [0, 0.05) is 18.3 Å². The maximum absolute atomic E-state index is 12.1. The maximum atomic E-state index is 12.1. The van der Waals surface area contributed by atoms with Crippen LogP contribution in [0.15, 0.2) is 60.7 Å². The number of rotatable bonds is 6. The summed E-state index contributed by atoms with van der Waals surface area (Å²) in [6.45, 7) is 1.52. The van der Waals surface area contributed by atoms with Crippen molar-refractivity contribution < 1.29 is 9.59 Å². The summed E-state index contributed by atoms with van der Waals surface area (Å²) in [6.07, 6.45) is 5.09. The number of primary amides is 1. The van der Waals surface area contributed by atoms with Crippen LogP contribution in [0.3, 0.4) is 0 Å². The molecule has 5 heteroatoms. The Labute approximate surface area is 153 Å². The summed E-state index contributed by atoms with van der Waals surface area (Å²) in [5.41, 5.74) is 8.23. The van der Waals surface area contributed by atoms with Crippen LogP contribution in [0.2, 0.25) is 0 Å². The average Bonchev–Trinajstić information content (AvgIpc) is 3.09. The predicted molar refractivity (Wildman–Crippen MR) is 103 cm³/mol. The first-order chi connectivity index (χ1) is 12.6. The number of nitrogens with two attached hydrogens (primary N) is 1. The molecule has 0 radical (unpaired) electrons. The van der Waals surface area contributed by atoms with Gasteiger partial charge in [0.25, 0.3) is 0 Å². The zero-order valence-corrected chi connectivity index (χ0v) is 14.6. The van der Waals surface area contributed by atoms with E-state index in [1.54, 1.807) is 6.08 Å². The molecule has 1 fully saturated rings. The van der Waals surface area contributed by atoms with Crippen LogP contribution < -0.4 is 11.1 Å². The first kappa shape index (κ1) is 17.9. The Hall–Kier alpha value is -2.92. The lowest BCUT2D eigenvalue weighted by atomic mass is 10.1. The second kappa shape index (κ2) is 8.45. The van der Waals surface area contributed by atoms with Crippen molar-refractivity contribution in [2.24, 2.45) is 5.73 Å². The highest BCUT2D eigenvalue weighted by atomic mass is 16.2. The molecule has 3 N–H and O–H groups in total. The number of benzene rings is 2. The average molecular weight is 349 g/mol.